The highest BCUT2D eigenvalue weighted by atomic mass is 19.2. The Morgan fingerprint density at radius 1 is 0.960 bits per heavy atom. The first-order valence-electron chi connectivity index (χ1n) is 7.15. The summed E-state index contributed by atoms with van der Waals surface area (Å²) in [5, 5.41) is 4.93. The summed E-state index contributed by atoms with van der Waals surface area (Å²) in [6, 6.07) is 8.59. The Balaban J connectivity index is 1.88. The standard InChI is InChI=1S/C17H14F2N2O4/c1-20-16(23)10-2-5-12(6-3-10)21-15(22)9-25-17(24)11-4-7-13(18)14(19)8-11/h2-8H,9H2,1H3,(H,20,23)(H,21,22). The van der Waals surface area contributed by atoms with Crippen LogP contribution in [0.2, 0.25) is 0 Å². The maximum atomic E-state index is 13.1. The first-order valence-corrected chi connectivity index (χ1v) is 7.15. The highest BCUT2D eigenvalue weighted by molar-refractivity contribution is 5.97. The average Bonchev–Trinajstić information content (AvgIpc) is 2.62. The van der Waals surface area contributed by atoms with Crippen molar-refractivity contribution in [1.29, 1.82) is 0 Å². The van der Waals surface area contributed by atoms with E-state index in [1.165, 1.54) is 31.3 Å². The van der Waals surface area contributed by atoms with Gasteiger partial charge in [0.1, 0.15) is 0 Å². The first kappa shape index (κ1) is 18.1. The quantitative estimate of drug-likeness (QED) is 0.811. The third-order valence-corrected chi connectivity index (χ3v) is 3.15. The smallest absolute Gasteiger partial charge is 0.338 e. The van der Waals surface area contributed by atoms with Gasteiger partial charge in [-0.2, -0.15) is 0 Å². The molecule has 0 heterocycles. The molecule has 2 N–H and O–H groups in total. The molecular weight excluding hydrogens is 334 g/mol. The van der Waals surface area contributed by atoms with E-state index in [1.807, 2.05) is 0 Å². The van der Waals surface area contributed by atoms with Crippen molar-refractivity contribution in [3.8, 4) is 0 Å². The molecule has 0 radical (unpaired) electrons. The summed E-state index contributed by atoms with van der Waals surface area (Å²) >= 11 is 0. The zero-order chi connectivity index (χ0) is 18.4. The molecule has 2 aromatic carbocycles. The van der Waals surface area contributed by atoms with Crippen LogP contribution in [-0.4, -0.2) is 31.4 Å². The lowest BCUT2D eigenvalue weighted by Crippen LogP contribution is -2.21. The number of carbonyl (C=O) groups is 3. The van der Waals surface area contributed by atoms with Gasteiger partial charge in [0.05, 0.1) is 5.56 Å². The van der Waals surface area contributed by atoms with Gasteiger partial charge in [-0.05, 0) is 42.5 Å². The zero-order valence-corrected chi connectivity index (χ0v) is 13.1. The molecule has 2 rings (SSSR count). The van der Waals surface area contributed by atoms with Gasteiger partial charge in [-0.3, -0.25) is 9.59 Å². The van der Waals surface area contributed by atoms with Gasteiger partial charge in [0.15, 0.2) is 18.2 Å². The van der Waals surface area contributed by atoms with Gasteiger partial charge in [0.2, 0.25) is 0 Å². The van der Waals surface area contributed by atoms with Crippen LogP contribution in [0.5, 0.6) is 0 Å². The fourth-order valence-corrected chi connectivity index (χ4v) is 1.88. The number of hydrogen-bond acceptors (Lipinski definition) is 4. The molecule has 0 aliphatic rings. The largest absolute Gasteiger partial charge is 0.452 e. The topological polar surface area (TPSA) is 84.5 Å². The van der Waals surface area contributed by atoms with Crippen molar-refractivity contribution in [3.63, 3.8) is 0 Å². The summed E-state index contributed by atoms with van der Waals surface area (Å²) < 4.78 is 30.6. The van der Waals surface area contributed by atoms with Crippen LogP contribution in [0, 0.1) is 11.6 Å². The predicted octanol–water partition coefficient (Wildman–Crippen LogP) is 2.12. The fraction of sp³-hybridized carbons (Fsp3) is 0.118. The number of benzene rings is 2. The molecule has 25 heavy (non-hydrogen) atoms. The first-order chi connectivity index (χ1) is 11.9. The molecule has 0 aliphatic carbocycles. The Morgan fingerprint density at radius 2 is 1.60 bits per heavy atom. The number of ether oxygens (including phenoxy) is 1. The van der Waals surface area contributed by atoms with Crippen LogP contribution in [0.4, 0.5) is 14.5 Å². The molecule has 2 amide bonds. The van der Waals surface area contributed by atoms with Crippen molar-refractivity contribution < 1.29 is 27.9 Å². The highest BCUT2D eigenvalue weighted by Gasteiger charge is 2.13. The minimum absolute atomic E-state index is 0.207. The maximum absolute atomic E-state index is 13.1. The van der Waals surface area contributed by atoms with Crippen LogP contribution < -0.4 is 10.6 Å². The summed E-state index contributed by atoms with van der Waals surface area (Å²) in [6.07, 6.45) is 0. The van der Waals surface area contributed by atoms with E-state index in [0.29, 0.717) is 17.3 Å². The molecule has 0 saturated heterocycles. The molecular formula is C17H14F2N2O4. The lowest BCUT2D eigenvalue weighted by Gasteiger charge is -2.07. The van der Waals surface area contributed by atoms with Gasteiger partial charge in [0.25, 0.3) is 11.8 Å². The van der Waals surface area contributed by atoms with Crippen LogP contribution >= 0.6 is 0 Å². The van der Waals surface area contributed by atoms with Gasteiger partial charge in [-0.1, -0.05) is 0 Å². The van der Waals surface area contributed by atoms with E-state index in [1.54, 1.807) is 0 Å². The Morgan fingerprint density at radius 3 is 2.20 bits per heavy atom. The fourth-order valence-electron chi connectivity index (χ4n) is 1.88. The van der Waals surface area contributed by atoms with Gasteiger partial charge >= 0.3 is 5.97 Å². The summed E-state index contributed by atoms with van der Waals surface area (Å²) in [6.45, 7) is -0.602. The summed E-state index contributed by atoms with van der Waals surface area (Å²) in [7, 11) is 1.50. The SMILES string of the molecule is CNC(=O)c1ccc(NC(=O)COC(=O)c2ccc(F)c(F)c2)cc1. The molecule has 0 atom stereocenters. The monoisotopic (exact) mass is 348 g/mol. The summed E-state index contributed by atoms with van der Waals surface area (Å²) in [5.41, 5.74) is 0.619. The lowest BCUT2D eigenvalue weighted by molar-refractivity contribution is -0.119. The lowest BCUT2D eigenvalue weighted by atomic mass is 10.2. The van der Waals surface area contributed by atoms with Gasteiger partial charge in [0, 0.05) is 18.3 Å². The van der Waals surface area contributed by atoms with E-state index >= 15 is 0 Å². The second-order valence-electron chi connectivity index (χ2n) is 4.91. The molecule has 0 unspecified atom stereocenters. The number of hydrogen-bond donors (Lipinski definition) is 2. The van der Waals surface area contributed by atoms with E-state index in [0.717, 1.165) is 12.1 Å². The van der Waals surface area contributed by atoms with Gasteiger partial charge in [-0.15, -0.1) is 0 Å². The highest BCUT2D eigenvalue weighted by Crippen LogP contribution is 2.11. The molecule has 130 valence electrons. The Labute approximate surface area is 141 Å². The zero-order valence-electron chi connectivity index (χ0n) is 13.1. The van der Waals surface area contributed by atoms with Crippen LogP contribution in [-0.2, 0) is 9.53 Å². The number of halogens is 2. The number of anilines is 1. The number of nitrogens with one attached hydrogen (secondary N) is 2. The van der Waals surface area contributed by atoms with Crippen molar-refractivity contribution >= 4 is 23.5 Å². The Hall–Kier alpha value is -3.29. The average molecular weight is 348 g/mol. The molecule has 0 saturated carbocycles. The number of carbonyl (C=O) groups excluding carboxylic acids is 3. The van der Waals surface area contributed by atoms with E-state index in [2.05, 4.69) is 10.6 Å². The molecule has 2 aromatic rings. The van der Waals surface area contributed by atoms with Crippen molar-refractivity contribution in [3.05, 3.63) is 65.2 Å². The predicted molar refractivity (Wildman–Crippen MR) is 85.1 cm³/mol. The molecule has 0 bridgehead atoms. The number of amides is 2. The van der Waals surface area contributed by atoms with Crippen LogP contribution in [0.25, 0.3) is 0 Å². The molecule has 8 heteroatoms. The molecule has 0 aliphatic heterocycles. The van der Waals surface area contributed by atoms with Crippen LogP contribution in [0.1, 0.15) is 20.7 Å². The van der Waals surface area contributed by atoms with Crippen molar-refractivity contribution in [2.75, 3.05) is 19.0 Å². The van der Waals surface area contributed by atoms with Gasteiger partial charge in [-0.25, -0.2) is 13.6 Å². The van der Waals surface area contributed by atoms with Crippen molar-refractivity contribution in [2.45, 2.75) is 0 Å². The molecule has 0 aromatic heterocycles. The van der Waals surface area contributed by atoms with Crippen molar-refractivity contribution in [2.24, 2.45) is 0 Å². The molecule has 0 spiro atoms. The van der Waals surface area contributed by atoms with E-state index in [4.69, 9.17) is 4.74 Å². The third-order valence-electron chi connectivity index (χ3n) is 3.15. The minimum Gasteiger partial charge on any atom is -0.452 e. The van der Waals surface area contributed by atoms with E-state index < -0.39 is 30.1 Å². The Bertz CT molecular complexity index is 807. The third kappa shape index (κ3) is 4.84. The minimum atomic E-state index is -1.19. The normalized spacial score (nSPS) is 10.0. The Kier molecular flexibility index (Phi) is 5.78. The number of rotatable bonds is 5. The molecule has 6 nitrogen and oxygen atoms in total. The molecule has 0 fully saturated rings. The summed E-state index contributed by atoms with van der Waals surface area (Å²) in [5.74, 6) is -4.12. The van der Waals surface area contributed by atoms with Gasteiger partial charge < -0.3 is 15.4 Å². The summed E-state index contributed by atoms with van der Waals surface area (Å²) in [4.78, 5) is 34.8. The maximum Gasteiger partial charge on any atom is 0.338 e. The van der Waals surface area contributed by atoms with Crippen molar-refractivity contribution in [1.82, 2.24) is 5.32 Å². The second-order valence-corrected chi connectivity index (χ2v) is 4.91. The van der Waals surface area contributed by atoms with Crippen LogP contribution in [0.15, 0.2) is 42.5 Å². The van der Waals surface area contributed by atoms with Crippen LogP contribution in [0.3, 0.4) is 0 Å². The number of esters is 1. The second kappa shape index (κ2) is 8.00. The van der Waals surface area contributed by atoms with E-state index in [-0.39, 0.29) is 11.5 Å². The van der Waals surface area contributed by atoms with E-state index in [9.17, 15) is 23.2 Å².